The third-order valence-corrected chi connectivity index (χ3v) is 4.19. The van der Waals surface area contributed by atoms with Crippen LogP contribution in [0.2, 0.25) is 0 Å². The molecule has 3 aromatic rings. The maximum atomic E-state index is 10.9. The van der Waals surface area contributed by atoms with Crippen LogP contribution in [-0.2, 0) is 12.3 Å². The van der Waals surface area contributed by atoms with Crippen molar-refractivity contribution in [3.8, 4) is 5.75 Å². The first-order chi connectivity index (χ1) is 11.3. The van der Waals surface area contributed by atoms with E-state index in [1.807, 2.05) is 12.1 Å². The number of carbonyl (C=O) groups is 1. The molecule has 0 aliphatic rings. The highest BCUT2D eigenvalue weighted by molar-refractivity contribution is 7.98. The number of aromatic nitrogens is 4. The van der Waals surface area contributed by atoms with Gasteiger partial charge < -0.3 is 9.15 Å². The molecule has 23 heavy (non-hydrogen) atoms. The van der Waals surface area contributed by atoms with Crippen molar-refractivity contribution in [3.05, 3.63) is 53.5 Å². The summed E-state index contributed by atoms with van der Waals surface area (Å²) < 4.78 is 12.3. The van der Waals surface area contributed by atoms with E-state index in [2.05, 4.69) is 15.5 Å². The number of carbonyl (C=O) groups excluding carboxylic acids is 1. The van der Waals surface area contributed by atoms with Gasteiger partial charge in [0.15, 0.2) is 0 Å². The van der Waals surface area contributed by atoms with Crippen molar-refractivity contribution in [3.63, 3.8) is 0 Å². The van der Waals surface area contributed by atoms with Crippen LogP contribution >= 0.6 is 11.8 Å². The third-order valence-electron chi connectivity index (χ3n) is 3.18. The van der Waals surface area contributed by atoms with E-state index in [0.29, 0.717) is 23.0 Å². The van der Waals surface area contributed by atoms with E-state index in [1.54, 1.807) is 36.3 Å². The number of aldehydes is 1. The van der Waals surface area contributed by atoms with E-state index in [9.17, 15) is 4.79 Å². The van der Waals surface area contributed by atoms with Crippen LogP contribution in [0.3, 0.4) is 0 Å². The van der Waals surface area contributed by atoms with Crippen LogP contribution in [0.5, 0.6) is 5.75 Å². The largest absolute Gasteiger partial charge is 0.496 e. The van der Waals surface area contributed by atoms with Crippen LogP contribution in [0.15, 0.2) is 46.2 Å². The van der Waals surface area contributed by atoms with Gasteiger partial charge in [-0.2, -0.15) is 0 Å². The maximum absolute atomic E-state index is 10.9. The fourth-order valence-electron chi connectivity index (χ4n) is 2.08. The topological polar surface area (TPSA) is 83.0 Å². The van der Waals surface area contributed by atoms with Crippen LogP contribution in [0.25, 0.3) is 0 Å². The summed E-state index contributed by atoms with van der Waals surface area (Å²) in [6.45, 7) is 0.466. The minimum Gasteiger partial charge on any atom is -0.496 e. The van der Waals surface area contributed by atoms with Gasteiger partial charge in [-0.3, -0.25) is 4.79 Å². The average molecular weight is 330 g/mol. The highest BCUT2D eigenvalue weighted by Gasteiger charge is 2.11. The van der Waals surface area contributed by atoms with Gasteiger partial charge in [0.25, 0.3) is 0 Å². The van der Waals surface area contributed by atoms with Gasteiger partial charge in [0.2, 0.25) is 5.16 Å². The van der Waals surface area contributed by atoms with Gasteiger partial charge in [-0.25, -0.2) is 4.68 Å². The molecular weight excluding hydrogens is 316 g/mol. The molecule has 0 radical (unpaired) electrons. The number of ether oxygens (including phenoxy) is 1. The minimum atomic E-state index is 0.466. The van der Waals surface area contributed by atoms with Crippen molar-refractivity contribution < 1.29 is 13.9 Å². The van der Waals surface area contributed by atoms with Crippen LogP contribution in [0.1, 0.15) is 21.7 Å². The molecule has 0 atom stereocenters. The zero-order valence-electron chi connectivity index (χ0n) is 12.4. The number of nitrogens with zero attached hydrogens (tertiary/aromatic N) is 4. The molecule has 0 aliphatic carbocycles. The molecule has 0 spiro atoms. The Balaban J connectivity index is 1.74. The second-order valence-electron chi connectivity index (χ2n) is 4.68. The molecule has 1 aromatic carbocycles. The van der Waals surface area contributed by atoms with Crippen LogP contribution in [-0.4, -0.2) is 33.6 Å². The lowest BCUT2D eigenvalue weighted by Gasteiger charge is -2.08. The van der Waals surface area contributed by atoms with E-state index in [0.717, 1.165) is 23.4 Å². The SMILES string of the molecule is COc1ccc(C=O)cc1CSc1nnnn1Cc1ccco1. The van der Waals surface area contributed by atoms with Gasteiger partial charge >= 0.3 is 0 Å². The van der Waals surface area contributed by atoms with Crippen molar-refractivity contribution in [2.75, 3.05) is 7.11 Å². The molecule has 2 heterocycles. The first kappa shape index (κ1) is 15.3. The number of hydrogen-bond donors (Lipinski definition) is 0. The first-order valence-electron chi connectivity index (χ1n) is 6.83. The third kappa shape index (κ3) is 3.59. The normalized spacial score (nSPS) is 10.7. The second-order valence-corrected chi connectivity index (χ2v) is 5.62. The minimum absolute atomic E-state index is 0.466. The fourth-order valence-corrected chi connectivity index (χ4v) is 2.93. The van der Waals surface area contributed by atoms with Crippen LogP contribution in [0, 0.1) is 0 Å². The van der Waals surface area contributed by atoms with Gasteiger partial charge in [-0.15, -0.1) is 5.10 Å². The summed E-state index contributed by atoms with van der Waals surface area (Å²) in [5.74, 6) is 2.09. The maximum Gasteiger partial charge on any atom is 0.210 e. The standard InChI is InChI=1S/C15H14N4O3S/c1-21-14-5-4-11(9-20)7-12(14)10-23-15-16-17-18-19(15)8-13-3-2-6-22-13/h2-7,9H,8,10H2,1H3. The Labute approximate surface area is 136 Å². The Kier molecular flexibility index (Phi) is 4.72. The zero-order valence-corrected chi connectivity index (χ0v) is 13.2. The lowest BCUT2D eigenvalue weighted by Crippen LogP contribution is -2.03. The van der Waals surface area contributed by atoms with Crippen molar-refractivity contribution in [1.29, 1.82) is 0 Å². The molecule has 0 N–H and O–H groups in total. The van der Waals surface area contributed by atoms with Gasteiger partial charge in [0, 0.05) is 16.9 Å². The van der Waals surface area contributed by atoms with Crippen molar-refractivity contribution in [2.45, 2.75) is 17.5 Å². The number of benzene rings is 1. The lowest BCUT2D eigenvalue weighted by atomic mass is 10.1. The Bertz CT molecular complexity index is 786. The van der Waals surface area contributed by atoms with Gasteiger partial charge in [0.1, 0.15) is 24.3 Å². The average Bonchev–Trinajstić information content (AvgIpc) is 3.25. The molecule has 8 heteroatoms. The van der Waals surface area contributed by atoms with Crippen LogP contribution in [0.4, 0.5) is 0 Å². The van der Waals surface area contributed by atoms with Gasteiger partial charge in [-0.1, -0.05) is 11.8 Å². The Morgan fingerprint density at radius 2 is 2.30 bits per heavy atom. The number of thioether (sulfide) groups is 1. The molecule has 2 aromatic heterocycles. The van der Waals surface area contributed by atoms with Crippen molar-refractivity contribution in [1.82, 2.24) is 20.2 Å². The predicted octanol–water partition coefficient (Wildman–Crippen LogP) is 2.43. The summed E-state index contributed by atoms with van der Waals surface area (Å²) in [7, 11) is 1.60. The smallest absolute Gasteiger partial charge is 0.210 e. The number of rotatable bonds is 7. The highest BCUT2D eigenvalue weighted by Crippen LogP contribution is 2.27. The molecule has 0 aliphatic heterocycles. The van der Waals surface area contributed by atoms with E-state index in [1.165, 1.54) is 11.8 Å². The number of hydrogen-bond acceptors (Lipinski definition) is 7. The monoisotopic (exact) mass is 330 g/mol. The van der Waals surface area contributed by atoms with E-state index in [-0.39, 0.29) is 0 Å². The Morgan fingerprint density at radius 3 is 3.04 bits per heavy atom. The molecule has 7 nitrogen and oxygen atoms in total. The fraction of sp³-hybridized carbons (Fsp3) is 0.200. The Hall–Kier alpha value is -2.61. The highest BCUT2D eigenvalue weighted by atomic mass is 32.2. The second kappa shape index (κ2) is 7.10. The Morgan fingerprint density at radius 1 is 1.39 bits per heavy atom. The molecule has 0 bridgehead atoms. The molecular formula is C15H14N4O3S. The van der Waals surface area contributed by atoms with Gasteiger partial charge in [-0.05, 0) is 40.8 Å². The summed E-state index contributed by atoms with van der Waals surface area (Å²) in [6.07, 6.45) is 2.43. The van der Waals surface area contributed by atoms with Crippen molar-refractivity contribution in [2.24, 2.45) is 0 Å². The summed E-state index contributed by atoms with van der Waals surface area (Å²) in [6, 6.07) is 9.00. The quantitative estimate of drug-likeness (QED) is 0.486. The summed E-state index contributed by atoms with van der Waals surface area (Å²) in [4.78, 5) is 10.9. The van der Waals surface area contributed by atoms with E-state index < -0.39 is 0 Å². The molecule has 0 amide bonds. The number of tetrazole rings is 1. The molecule has 0 fully saturated rings. The summed E-state index contributed by atoms with van der Waals surface area (Å²) in [5, 5.41) is 12.4. The van der Waals surface area contributed by atoms with Crippen LogP contribution < -0.4 is 4.74 Å². The lowest BCUT2D eigenvalue weighted by molar-refractivity contribution is 0.112. The molecule has 0 unspecified atom stereocenters. The number of furan rings is 1. The summed E-state index contributed by atoms with van der Waals surface area (Å²) in [5.41, 5.74) is 1.52. The van der Waals surface area contributed by atoms with Crippen molar-refractivity contribution >= 4 is 18.0 Å². The molecule has 0 saturated heterocycles. The summed E-state index contributed by atoms with van der Waals surface area (Å²) >= 11 is 1.47. The zero-order chi connectivity index (χ0) is 16.1. The first-order valence-corrected chi connectivity index (χ1v) is 7.82. The number of methoxy groups -OCH3 is 1. The molecule has 3 rings (SSSR count). The van der Waals surface area contributed by atoms with Gasteiger partial charge in [0.05, 0.1) is 13.4 Å². The molecule has 118 valence electrons. The van der Waals surface area contributed by atoms with E-state index in [4.69, 9.17) is 9.15 Å². The predicted molar refractivity (Wildman–Crippen MR) is 83.6 cm³/mol. The molecule has 0 saturated carbocycles. The van der Waals surface area contributed by atoms with E-state index >= 15 is 0 Å².